The van der Waals surface area contributed by atoms with E-state index in [1.165, 1.54) is 6.20 Å². The summed E-state index contributed by atoms with van der Waals surface area (Å²) in [6.45, 7) is 1.77. The van der Waals surface area contributed by atoms with Gasteiger partial charge in [-0.25, -0.2) is 18.4 Å². The number of nitrogens with one attached hydrogen (secondary N) is 1. The van der Waals surface area contributed by atoms with Crippen LogP contribution in [0.1, 0.15) is 5.69 Å². The van der Waals surface area contributed by atoms with E-state index < -0.39 is 10.0 Å². The van der Waals surface area contributed by atoms with E-state index in [1.54, 1.807) is 19.1 Å². The standard InChI is InChI=1S/C10H11N5O2S/c1-7-4-8(2-3-12-7)15-18(16,17)9-5-13-10(11)14-6-9/h2-6H,1H3,(H,12,15)(H2,11,13,14). The summed E-state index contributed by atoms with van der Waals surface area (Å²) in [7, 11) is -3.71. The zero-order valence-corrected chi connectivity index (χ0v) is 10.3. The third-order valence-electron chi connectivity index (χ3n) is 2.11. The van der Waals surface area contributed by atoms with Crippen LogP contribution in [0, 0.1) is 6.92 Å². The van der Waals surface area contributed by atoms with Crippen LogP contribution in [0.3, 0.4) is 0 Å². The summed E-state index contributed by atoms with van der Waals surface area (Å²) in [6, 6.07) is 3.18. The summed E-state index contributed by atoms with van der Waals surface area (Å²) < 4.78 is 26.3. The molecule has 0 amide bonds. The Hall–Kier alpha value is -2.22. The lowest BCUT2D eigenvalue weighted by Crippen LogP contribution is -2.14. The van der Waals surface area contributed by atoms with E-state index in [0.717, 1.165) is 12.4 Å². The van der Waals surface area contributed by atoms with Crippen LogP contribution in [0.4, 0.5) is 11.6 Å². The van der Waals surface area contributed by atoms with Gasteiger partial charge in [0.1, 0.15) is 4.90 Å². The molecule has 0 aromatic carbocycles. The van der Waals surface area contributed by atoms with Gasteiger partial charge in [-0.2, -0.15) is 0 Å². The number of anilines is 2. The van der Waals surface area contributed by atoms with Gasteiger partial charge in [-0.05, 0) is 19.1 Å². The highest BCUT2D eigenvalue weighted by Crippen LogP contribution is 2.14. The Balaban J connectivity index is 2.30. The lowest BCUT2D eigenvalue weighted by atomic mass is 10.3. The Morgan fingerprint density at radius 1 is 1.22 bits per heavy atom. The van der Waals surface area contributed by atoms with Gasteiger partial charge in [0.05, 0.1) is 18.1 Å². The summed E-state index contributed by atoms with van der Waals surface area (Å²) in [5.74, 6) is 0.0219. The highest BCUT2D eigenvalue weighted by atomic mass is 32.2. The summed E-state index contributed by atoms with van der Waals surface area (Å²) >= 11 is 0. The number of nitrogens with two attached hydrogens (primary N) is 1. The van der Waals surface area contributed by atoms with Gasteiger partial charge in [-0.3, -0.25) is 9.71 Å². The molecule has 0 aliphatic carbocycles. The molecule has 94 valence electrons. The Morgan fingerprint density at radius 3 is 2.50 bits per heavy atom. The zero-order valence-electron chi connectivity index (χ0n) is 9.53. The highest BCUT2D eigenvalue weighted by Gasteiger charge is 2.15. The van der Waals surface area contributed by atoms with Crippen LogP contribution in [-0.4, -0.2) is 23.4 Å². The number of sulfonamides is 1. The lowest BCUT2D eigenvalue weighted by molar-refractivity contribution is 0.600. The molecule has 2 heterocycles. The molecule has 0 aliphatic heterocycles. The number of pyridine rings is 1. The Bertz CT molecular complexity index is 654. The second kappa shape index (κ2) is 4.57. The van der Waals surface area contributed by atoms with Gasteiger partial charge < -0.3 is 5.73 Å². The minimum absolute atomic E-state index is 0.0219. The molecule has 0 saturated heterocycles. The van der Waals surface area contributed by atoms with Crippen molar-refractivity contribution in [2.45, 2.75) is 11.8 Å². The number of aryl methyl sites for hydroxylation is 1. The van der Waals surface area contributed by atoms with Crippen molar-refractivity contribution in [3.05, 3.63) is 36.4 Å². The first-order chi connectivity index (χ1) is 8.47. The minimum atomic E-state index is -3.71. The molecule has 0 spiro atoms. The summed E-state index contributed by atoms with van der Waals surface area (Å²) in [4.78, 5) is 11.2. The second-order valence-electron chi connectivity index (χ2n) is 3.57. The van der Waals surface area contributed by atoms with Crippen LogP contribution in [0.15, 0.2) is 35.6 Å². The van der Waals surface area contributed by atoms with Gasteiger partial charge in [0.25, 0.3) is 10.0 Å². The number of nitrogens with zero attached hydrogens (tertiary/aromatic N) is 3. The molecule has 3 N–H and O–H groups in total. The quantitative estimate of drug-likeness (QED) is 0.839. The fourth-order valence-electron chi connectivity index (χ4n) is 1.29. The maximum atomic E-state index is 12.0. The van der Waals surface area contributed by atoms with Crippen LogP contribution >= 0.6 is 0 Å². The first kappa shape index (κ1) is 12.2. The van der Waals surface area contributed by atoms with Crippen molar-refractivity contribution in [2.24, 2.45) is 0 Å². The van der Waals surface area contributed by atoms with Crippen molar-refractivity contribution in [1.82, 2.24) is 15.0 Å². The van der Waals surface area contributed by atoms with Crippen molar-refractivity contribution in [2.75, 3.05) is 10.5 Å². The lowest BCUT2D eigenvalue weighted by Gasteiger charge is -2.07. The fourth-order valence-corrected chi connectivity index (χ4v) is 2.23. The molecule has 0 unspecified atom stereocenters. The first-order valence-electron chi connectivity index (χ1n) is 5.00. The van der Waals surface area contributed by atoms with Crippen molar-refractivity contribution >= 4 is 21.7 Å². The number of nitrogen functional groups attached to an aromatic ring is 1. The van der Waals surface area contributed by atoms with Gasteiger partial charge in [-0.15, -0.1) is 0 Å². The molecule has 18 heavy (non-hydrogen) atoms. The molecule has 0 fully saturated rings. The molecule has 2 rings (SSSR count). The molecule has 0 radical (unpaired) electrons. The predicted molar refractivity (Wildman–Crippen MR) is 66.2 cm³/mol. The zero-order chi connectivity index (χ0) is 13.2. The van der Waals surface area contributed by atoms with Crippen LogP contribution in [0.5, 0.6) is 0 Å². The van der Waals surface area contributed by atoms with E-state index in [-0.39, 0.29) is 10.8 Å². The SMILES string of the molecule is Cc1cc(NS(=O)(=O)c2cnc(N)nc2)ccn1. The number of hydrogen-bond donors (Lipinski definition) is 2. The second-order valence-corrected chi connectivity index (χ2v) is 5.25. The maximum absolute atomic E-state index is 12.0. The Labute approximate surface area is 104 Å². The fraction of sp³-hybridized carbons (Fsp3) is 0.100. The van der Waals surface area contributed by atoms with E-state index in [2.05, 4.69) is 19.7 Å². The molecule has 2 aromatic heterocycles. The topological polar surface area (TPSA) is 111 Å². The van der Waals surface area contributed by atoms with Gasteiger partial charge in [0.15, 0.2) is 0 Å². The Kier molecular flexibility index (Phi) is 3.11. The van der Waals surface area contributed by atoms with Crippen LogP contribution in [0.25, 0.3) is 0 Å². The number of hydrogen-bond acceptors (Lipinski definition) is 6. The van der Waals surface area contributed by atoms with E-state index >= 15 is 0 Å². The van der Waals surface area contributed by atoms with E-state index in [4.69, 9.17) is 5.73 Å². The normalized spacial score (nSPS) is 11.2. The number of rotatable bonds is 3. The van der Waals surface area contributed by atoms with Crippen LogP contribution in [-0.2, 0) is 10.0 Å². The summed E-state index contributed by atoms with van der Waals surface area (Å²) in [5, 5.41) is 0. The molecular weight excluding hydrogens is 254 g/mol. The number of aromatic nitrogens is 3. The molecule has 2 aromatic rings. The van der Waals surface area contributed by atoms with Gasteiger partial charge in [-0.1, -0.05) is 0 Å². The van der Waals surface area contributed by atoms with Crippen molar-refractivity contribution in [3.8, 4) is 0 Å². The minimum Gasteiger partial charge on any atom is -0.368 e. The summed E-state index contributed by atoms with van der Waals surface area (Å²) in [5.41, 5.74) is 6.44. The Morgan fingerprint density at radius 2 is 1.89 bits per heavy atom. The van der Waals surface area contributed by atoms with Crippen LogP contribution in [0.2, 0.25) is 0 Å². The first-order valence-corrected chi connectivity index (χ1v) is 6.49. The highest BCUT2D eigenvalue weighted by molar-refractivity contribution is 7.92. The largest absolute Gasteiger partial charge is 0.368 e. The van der Waals surface area contributed by atoms with E-state index in [9.17, 15) is 8.42 Å². The van der Waals surface area contributed by atoms with Gasteiger partial charge in [0.2, 0.25) is 5.95 Å². The third-order valence-corrected chi connectivity index (χ3v) is 3.44. The van der Waals surface area contributed by atoms with Crippen molar-refractivity contribution < 1.29 is 8.42 Å². The predicted octanol–water partition coefficient (Wildman–Crippen LogP) is 0.563. The summed E-state index contributed by atoms with van der Waals surface area (Å²) in [6.07, 6.45) is 3.82. The molecule has 7 nitrogen and oxygen atoms in total. The maximum Gasteiger partial charge on any atom is 0.264 e. The molecular formula is C10H11N5O2S. The molecule has 0 bridgehead atoms. The average Bonchev–Trinajstić information content (AvgIpc) is 2.29. The molecule has 0 aliphatic rings. The van der Waals surface area contributed by atoms with E-state index in [1.807, 2.05) is 0 Å². The average molecular weight is 265 g/mol. The van der Waals surface area contributed by atoms with E-state index in [0.29, 0.717) is 11.4 Å². The molecule has 0 atom stereocenters. The smallest absolute Gasteiger partial charge is 0.264 e. The van der Waals surface area contributed by atoms with Gasteiger partial charge in [0, 0.05) is 11.9 Å². The molecule has 8 heteroatoms. The van der Waals surface area contributed by atoms with Crippen molar-refractivity contribution in [3.63, 3.8) is 0 Å². The van der Waals surface area contributed by atoms with Crippen LogP contribution < -0.4 is 10.5 Å². The molecule has 0 saturated carbocycles. The van der Waals surface area contributed by atoms with Crippen molar-refractivity contribution in [1.29, 1.82) is 0 Å². The van der Waals surface area contributed by atoms with Gasteiger partial charge >= 0.3 is 0 Å². The third kappa shape index (κ3) is 2.72. The monoisotopic (exact) mass is 265 g/mol.